The summed E-state index contributed by atoms with van der Waals surface area (Å²) in [6.07, 6.45) is 5.46. The minimum Gasteiger partial charge on any atom is -0.393 e. The zero-order chi connectivity index (χ0) is 11.3. The normalized spacial score (nSPS) is 30.3. The van der Waals surface area contributed by atoms with Gasteiger partial charge in [-0.2, -0.15) is 0 Å². The second-order valence-electron chi connectivity index (χ2n) is 4.40. The molecule has 0 aromatic carbocycles. The smallest absolute Gasteiger partial charge is 0.203 e. The molecule has 1 fully saturated rings. The molecule has 0 radical (unpaired) electrons. The van der Waals surface area contributed by atoms with Crippen molar-refractivity contribution in [1.82, 2.24) is 0 Å². The van der Waals surface area contributed by atoms with Crippen LogP contribution in [0.2, 0.25) is 0 Å². The highest BCUT2D eigenvalue weighted by Crippen LogP contribution is 2.50. The van der Waals surface area contributed by atoms with Crippen LogP contribution in [0.4, 0.5) is 0 Å². The highest BCUT2D eigenvalue weighted by molar-refractivity contribution is 7.58. The van der Waals surface area contributed by atoms with Gasteiger partial charge in [-0.1, -0.05) is 20.3 Å². The van der Waals surface area contributed by atoms with E-state index in [1.807, 2.05) is 6.92 Å². The lowest BCUT2D eigenvalue weighted by molar-refractivity contribution is 0.151. The van der Waals surface area contributed by atoms with Gasteiger partial charge in [0, 0.05) is 12.3 Å². The van der Waals surface area contributed by atoms with Gasteiger partial charge in [0.2, 0.25) is 7.37 Å². The standard InChI is InChI=1S/C11H23O3P/c1-3-5-8-15(13,4-2)14-11-7-6-10(12)9-11/h10-12H,3-9H2,1-2H3/t10-,11+,15?/m0/s1. The highest BCUT2D eigenvalue weighted by Gasteiger charge is 2.30. The Morgan fingerprint density at radius 2 is 2.13 bits per heavy atom. The van der Waals surface area contributed by atoms with Crippen LogP contribution in [0.3, 0.4) is 0 Å². The van der Waals surface area contributed by atoms with Crippen LogP contribution in [0.25, 0.3) is 0 Å². The number of rotatable bonds is 6. The van der Waals surface area contributed by atoms with Gasteiger partial charge in [0.25, 0.3) is 0 Å². The Morgan fingerprint density at radius 1 is 1.40 bits per heavy atom. The number of aliphatic hydroxyl groups is 1. The highest BCUT2D eigenvalue weighted by atomic mass is 31.2. The van der Waals surface area contributed by atoms with Crippen LogP contribution < -0.4 is 0 Å². The Kier molecular flexibility index (Phi) is 5.31. The molecule has 0 aliphatic heterocycles. The second-order valence-corrected chi connectivity index (χ2v) is 7.32. The fourth-order valence-electron chi connectivity index (χ4n) is 1.97. The Morgan fingerprint density at radius 3 is 2.60 bits per heavy atom. The lowest BCUT2D eigenvalue weighted by atomic mass is 10.3. The van der Waals surface area contributed by atoms with Gasteiger partial charge in [0.1, 0.15) is 0 Å². The third-order valence-electron chi connectivity index (χ3n) is 3.03. The molecule has 1 N–H and O–H groups in total. The molecule has 0 spiro atoms. The second kappa shape index (κ2) is 6.03. The van der Waals surface area contributed by atoms with E-state index in [2.05, 4.69) is 6.92 Å². The van der Waals surface area contributed by atoms with Gasteiger partial charge in [0.05, 0.1) is 12.2 Å². The summed E-state index contributed by atoms with van der Waals surface area (Å²) in [6.45, 7) is 4.03. The predicted octanol–water partition coefficient (Wildman–Crippen LogP) is 3.01. The van der Waals surface area contributed by atoms with E-state index in [0.29, 0.717) is 18.7 Å². The summed E-state index contributed by atoms with van der Waals surface area (Å²) in [4.78, 5) is 0. The first-order valence-corrected chi connectivity index (χ1v) is 8.03. The number of aliphatic hydroxyl groups excluding tert-OH is 1. The molecule has 15 heavy (non-hydrogen) atoms. The molecule has 4 heteroatoms. The van der Waals surface area contributed by atoms with Crippen LogP contribution >= 0.6 is 7.37 Å². The third-order valence-corrected chi connectivity index (χ3v) is 5.68. The summed E-state index contributed by atoms with van der Waals surface area (Å²) in [5, 5.41) is 9.38. The van der Waals surface area contributed by atoms with Crippen LogP contribution in [-0.4, -0.2) is 29.6 Å². The van der Waals surface area contributed by atoms with Crippen LogP contribution in [-0.2, 0) is 9.09 Å². The Hall–Kier alpha value is 0.150. The van der Waals surface area contributed by atoms with Gasteiger partial charge in [-0.05, 0) is 25.7 Å². The summed E-state index contributed by atoms with van der Waals surface area (Å²) in [7, 11) is -2.40. The zero-order valence-electron chi connectivity index (χ0n) is 9.82. The number of hydrogen-bond acceptors (Lipinski definition) is 3. The van der Waals surface area contributed by atoms with Crippen molar-refractivity contribution in [3.8, 4) is 0 Å². The zero-order valence-corrected chi connectivity index (χ0v) is 10.7. The summed E-state index contributed by atoms with van der Waals surface area (Å²) >= 11 is 0. The molecule has 1 rings (SSSR count). The first-order valence-electron chi connectivity index (χ1n) is 6.04. The molecule has 0 bridgehead atoms. The summed E-state index contributed by atoms with van der Waals surface area (Å²) in [5.41, 5.74) is 0. The maximum absolute atomic E-state index is 12.3. The fraction of sp³-hybridized carbons (Fsp3) is 1.00. The van der Waals surface area contributed by atoms with E-state index in [4.69, 9.17) is 4.52 Å². The van der Waals surface area contributed by atoms with Crippen LogP contribution in [0.5, 0.6) is 0 Å². The van der Waals surface area contributed by atoms with E-state index in [1.165, 1.54) is 0 Å². The van der Waals surface area contributed by atoms with Crippen molar-refractivity contribution >= 4 is 7.37 Å². The molecule has 0 amide bonds. The van der Waals surface area contributed by atoms with Crippen molar-refractivity contribution in [2.45, 2.75) is 58.2 Å². The quantitative estimate of drug-likeness (QED) is 0.718. The van der Waals surface area contributed by atoms with Crippen molar-refractivity contribution < 1.29 is 14.2 Å². The summed E-state index contributed by atoms with van der Waals surface area (Å²) < 4.78 is 18.0. The summed E-state index contributed by atoms with van der Waals surface area (Å²) in [6, 6.07) is 0. The monoisotopic (exact) mass is 234 g/mol. The van der Waals surface area contributed by atoms with Crippen LogP contribution in [0.15, 0.2) is 0 Å². The van der Waals surface area contributed by atoms with E-state index in [9.17, 15) is 9.67 Å². The maximum atomic E-state index is 12.3. The molecule has 3 nitrogen and oxygen atoms in total. The van der Waals surface area contributed by atoms with Gasteiger partial charge in [0.15, 0.2) is 0 Å². The molecule has 1 saturated carbocycles. The molecule has 1 unspecified atom stereocenters. The fourth-order valence-corrected chi connectivity index (χ4v) is 4.07. The van der Waals surface area contributed by atoms with Gasteiger partial charge < -0.3 is 9.63 Å². The average molecular weight is 234 g/mol. The predicted molar refractivity (Wildman–Crippen MR) is 62.7 cm³/mol. The molecule has 1 aliphatic carbocycles. The lowest BCUT2D eigenvalue weighted by Crippen LogP contribution is -2.11. The van der Waals surface area contributed by atoms with Crippen molar-refractivity contribution in [3.05, 3.63) is 0 Å². The SMILES string of the molecule is CCCCP(=O)(CC)O[C@@H]1CC[C@H](O)C1. The number of hydrogen-bond donors (Lipinski definition) is 1. The maximum Gasteiger partial charge on any atom is 0.203 e. The molecule has 0 aromatic rings. The largest absolute Gasteiger partial charge is 0.393 e. The van der Waals surface area contributed by atoms with Gasteiger partial charge in [-0.25, -0.2) is 0 Å². The molecule has 3 atom stereocenters. The minimum absolute atomic E-state index is 0.0302. The van der Waals surface area contributed by atoms with Crippen molar-refractivity contribution in [2.24, 2.45) is 0 Å². The Balaban J connectivity index is 2.41. The summed E-state index contributed by atoms with van der Waals surface area (Å²) in [5.74, 6) is 0. The van der Waals surface area contributed by atoms with Crippen molar-refractivity contribution in [3.63, 3.8) is 0 Å². The first kappa shape index (κ1) is 13.2. The van der Waals surface area contributed by atoms with Crippen LogP contribution in [0, 0.1) is 0 Å². The van der Waals surface area contributed by atoms with Crippen molar-refractivity contribution in [1.29, 1.82) is 0 Å². The molecule has 90 valence electrons. The molecular weight excluding hydrogens is 211 g/mol. The van der Waals surface area contributed by atoms with Gasteiger partial charge in [-0.15, -0.1) is 0 Å². The van der Waals surface area contributed by atoms with Gasteiger partial charge in [-0.3, -0.25) is 4.57 Å². The topological polar surface area (TPSA) is 46.5 Å². The molecular formula is C11H23O3P. The third kappa shape index (κ3) is 4.26. The molecule has 1 aliphatic rings. The first-order chi connectivity index (χ1) is 7.09. The molecule has 0 aromatic heterocycles. The van der Waals surface area contributed by atoms with E-state index in [1.54, 1.807) is 0 Å². The average Bonchev–Trinajstić information content (AvgIpc) is 2.61. The Labute approximate surface area is 92.7 Å². The van der Waals surface area contributed by atoms with E-state index in [-0.39, 0.29) is 12.2 Å². The Bertz CT molecular complexity index is 230. The van der Waals surface area contributed by atoms with Crippen LogP contribution in [0.1, 0.15) is 46.0 Å². The minimum atomic E-state index is -2.40. The van der Waals surface area contributed by atoms with E-state index < -0.39 is 7.37 Å². The number of unbranched alkanes of at least 4 members (excludes halogenated alkanes) is 1. The van der Waals surface area contributed by atoms with E-state index in [0.717, 1.165) is 25.7 Å². The molecule has 0 saturated heterocycles. The lowest BCUT2D eigenvalue weighted by Gasteiger charge is -2.21. The van der Waals surface area contributed by atoms with Crippen molar-refractivity contribution in [2.75, 3.05) is 12.3 Å². The van der Waals surface area contributed by atoms with E-state index >= 15 is 0 Å². The molecule has 0 heterocycles. The van der Waals surface area contributed by atoms with Gasteiger partial charge >= 0.3 is 0 Å².